The average molecular weight is 415 g/mol. The Morgan fingerprint density at radius 3 is 2.61 bits per heavy atom. The van der Waals surface area contributed by atoms with E-state index in [-0.39, 0.29) is 29.9 Å². The molecule has 0 radical (unpaired) electrons. The molecule has 1 aromatic rings. The summed E-state index contributed by atoms with van der Waals surface area (Å²) in [5.74, 6) is -7.26. The molecule has 2 N–H and O–H groups in total. The van der Waals surface area contributed by atoms with Gasteiger partial charge >= 0.3 is 12.1 Å². The number of amides is 1. The van der Waals surface area contributed by atoms with E-state index in [1.807, 2.05) is 0 Å². The van der Waals surface area contributed by atoms with Crippen LogP contribution in [-0.2, 0) is 11.3 Å². The van der Waals surface area contributed by atoms with Crippen molar-refractivity contribution in [1.82, 2.24) is 15.6 Å². The van der Waals surface area contributed by atoms with E-state index in [0.717, 1.165) is 19.0 Å². The van der Waals surface area contributed by atoms with Crippen molar-refractivity contribution in [3.05, 3.63) is 17.4 Å². The van der Waals surface area contributed by atoms with E-state index < -0.39 is 36.8 Å². The molecule has 1 saturated heterocycles. The first-order chi connectivity index (χ1) is 13.0. The first-order valence-electron chi connectivity index (χ1n) is 8.37. The smallest absolute Gasteiger partial charge is 0.453 e. The molecule has 1 aromatic heterocycles. The summed E-state index contributed by atoms with van der Waals surface area (Å²) >= 11 is 0. The van der Waals surface area contributed by atoms with Gasteiger partial charge in [0.2, 0.25) is 11.8 Å². The minimum Gasteiger partial charge on any atom is -0.481 e. The fourth-order valence-corrected chi connectivity index (χ4v) is 2.53. The molecule has 12 heteroatoms. The van der Waals surface area contributed by atoms with Crippen molar-refractivity contribution in [3.8, 4) is 11.8 Å². The van der Waals surface area contributed by atoms with Gasteiger partial charge in [0.1, 0.15) is 0 Å². The standard InChI is InChI=1S/C16H19F6N3O3/c1-27-13-9(8-24-12(26)11-3-2-5-23-11)7-10(17)14(25-13)28-6-4-15(18,19)16(20,21)22/h7,11,23H,2-6,8H2,1H3,(H,24,26)/t11-/m0/s1. The summed E-state index contributed by atoms with van der Waals surface area (Å²) < 4.78 is 85.7. The monoisotopic (exact) mass is 415 g/mol. The fourth-order valence-electron chi connectivity index (χ4n) is 2.53. The zero-order chi connectivity index (χ0) is 20.9. The van der Waals surface area contributed by atoms with Gasteiger partial charge in [-0.15, -0.1) is 0 Å². The molecular weight excluding hydrogens is 396 g/mol. The lowest BCUT2D eigenvalue weighted by Gasteiger charge is -2.19. The minimum absolute atomic E-state index is 0.115. The lowest BCUT2D eigenvalue weighted by molar-refractivity contribution is -0.285. The lowest BCUT2D eigenvalue weighted by Crippen LogP contribution is -2.40. The highest BCUT2D eigenvalue weighted by Crippen LogP contribution is 2.38. The van der Waals surface area contributed by atoms with Crippen molar-refractivity contribution in [2.24, 2.45) is 0 Å². The third-order valence-electron chi connectivity index (χ3n) is 4.08. The number of halogens is 6. The van der Waals surface area contributed by atoms with Crippen molar-refractivity contribution in [2.45, 2.75) is 43.9 Å². The van der Waals surface area contributed by atoms with Gasteiger partial charge in [0.05, 0.1) is 26.2 Å². The van der Waals surface area contributed by atoms with Crippen LogP contribution in [0.3, 0.4) is 0 Å². The van der Waals surface area contributed by atoms with E-state index in [1.165, 1.54) is 7.11 Å². The number of alkyl halides is 5. The van der Waals surface area contributed by atoms with Crippen LogP contribution >= 0.6 is 0 Å². The van der Waals surface area contributed by atoms with Crippen molar-refractivity contribution >= 4 is 5.91 Å². The van der Waals surface area contributed by atoms with E-state index in [0.29, 0.717) is 6.42 Å². The van der Waals surface area contributed by atoms with Gasteiger partial charge in [-0.2, -0.15) is 26.9 Å². The van der Waals surface area contributed by atoms with E-state index in [4.69, 9.17) is 4.74 Å². The van der Waals surface area contributed by atoms with Crippen LogP contribution in [0.25, 0.3) is 0 Å². The molecule has 1 aliphatic rings. The highest BCUT2D eigenvalue weighted by Gasteiger charge is 2.56. The number of rotatable bonds is 8. The van der Waals surface area contributed by atoms with Crippen LogP contribution in [0.5, 0.6) is 11.8 Å². The molecule has 2 rings (SSSR count). The number of aromatic nitrogens is 1. The molecule has 0 spiro atoms. The van der Waals surface area contributed by atoms with Gasteiger partial charge in [-0.3, -0.25) is 4.79 Å². The van der Waals surface area contributed by atoms with E-state index in [2.05, 4.69) is 20.4 Å². The molecule has 1 aliphatic heterocycles. The molecule has 2 heterocycles. The maximum atomic E-state index is 14.1. The Hall–Kier alpha value is -2.24. The second-order valence-corrected chi connectivity index (χ2v) is 6.11. The summed E-state index contributed by atoms with van der Waals surface area (Å²) in [7, 11) is 1.20. The predicted octanol–water partition coefficient (Wildman–Crippen LogP) is 2.56. The second kappa shape index (κ2) is 8.84. The Kier molecular flexibility index (Phi) is 6.96. The van der Waals surface area contributed by atoms with Crippen molar-refractivity contribution in [1.29, 1.82) is 0 Å². The van der Waals surface area contributed by atoms with Crippen LogP contribution in [0.4, 0.5) is 26.3 Å². The zero-order valence-electron chi connectivity index (χ0n) is 14.8. The van der Waals surface area contributed by atoms with Gasteiger partial charge < -0.3 is 20.1 Å². The Labute approximate surface area is 156 Å². The Balaban J connectivity index is 1.99. The number of nitrogens with zero attached hydrogens (tertiary/aromatic N) is 1. The largest absolute Gasteiger partial charge is 0.481 e. The van der Waals surface area contributed by atoms with Gasteiger partial charge in [0.15, 0.2) is 5.82 Å². The van der Waals surface area contributed by atoms with Gasteiger partial charge in [0.25, 0.3) is 5.88 Å². The van der Waals surface area contributed by atoms with Crippen LogP contribution in [0, 0.1) is 5.82 Å². The van der Waals surface area contributed by atoms with Gasteiger partial charge in [-0.1, -0.05) is 0 Å². The van der Waals surface area contributed by atoms with Gasteiger partial charge in [-0.05, 0) is 25.5 Å². The summed E-state index contributed by atoms with van der Waals surface area (Å²) in [5, 5.41) is 5.58. The molecule has 0 aromatic carbocycles. The van der Waals surface area contributed by atoms with Crippen LogP contribution in [0.1, 0.15) is 24.8 Å². The highest BCUT2D eigenvalue weighted by atomic mass is 19.4. The molecule has 0 saturated carbocycles. The number of ether oxygens (including phenoxy) is 2. The molecule has 6 nitrogen and oxygen atoms in total. The molecule has 1 atom stereocenters. The van der Waals surface area contributed by atoms with Gasteiger partial charge in [0, 0.05) is 12.1 Å². The Morgan fingerprint density at radius 2 is 2.04 bits per heavy atom. The third-order valence-corrected chi connectivity index (χ3v) is 4.08. The van der Waals surface area contributed by atoms with Crippen LogP contribution in [0.15, 0.2) is 6.07 Å². The van der Waals surface area contributed by atoms with E-state index in [9.17, 15) is 31.1 Å². The van der Waals surface area contributed by atoms with E-state index in [1.54, 1.807) is 0 Å². The number of nitrogens with one attached hydrogen (secondary N) is 2. The maximum Gasteiger partial charge on any atom is 0.453 e. The van der Waals surface area contributed by atoms with Crippen LogP contribution in [-0.4, -0.2) is 49.3 Å². The molecule has 0 aliphatic carbocycles. The molecule has 1 amide bonds. The Morgan fingerprint density at radius 1 is 1.32 bits per heavy atom. The second-order valence-electron chi connectivity index (χ2n) is 6.11. The molecule has 0 bridgehead atoms. The molecule has 28 heavy (non-hydrogen) atoms. The minimum atomic E-state index is -5.73. The quantitative estimate of drug-likeness (QED) is 0.639. The normalized spacial score (nSPS) is 17.5. The fraction of sp³-hybridized carbons (Fsp3) is 0.625. The van der Waals surface area contributed by atoms with Crippen LogP contribution < -0.4 is 20.1 Å². The number of carbonyl (C=O) groups excluding carboxylic acids is 1. The molecule has 158 valence electrons. The molecule has 1 fully saturated rings. The lowest BCUT2D eigenvalue weighted by atomic mass is 10.2. The first kappa shape index (κ1) is 22.1. The van der Waals surface area contributed by atoms with E-state index >= 15 is 0 Å². The summed E-state index contributed by atoms with van der Waals surface area (Å²) in [6.45, 7) is -0.503. The van der Waals surface area contributed by atoms with Gasteiger partial charge in [-0.25, -0.2) is 4.39 Å². The van der Waals surface area contributed by atoms with Crippen molar-refractivity contribution in [3.63, 3.8) is 0 Å². The summed E-state index contributed by atoms with van der Waals surface area (Å²) in [6.07, 6.45) is -5.88. The Bertz CT molecular complexity index is 693. The summed E-state index contributed by atoms with van der Waals surface area (Å²) in [6, 6.07) is 0.563. The first-order valence-corrected chi connectivity index (χ1v) is 8.37. The number of hydrogen-bond acceptors (Lipinski definition) is 5. The zero-order valence-corrected chi connectivity index (χ0v) is 14.8. The predicted molar refractivity (Wildman–Crippen MR) is 84.7 cm³/mol. The number of pyridine rings is 1. The van der Waals surface area contributed by atoms with Crippen molar-refractivity contribution in [2.75, 3.05) is 20.3 Å². The molecule has 0 unspecified atom stereocenters. The van der Waals surface area contributed by atoms with Crippen LogP contribution in [0.2, 0.25) is 0 Å². The van der Waals surface area contributed by atoms with Crippen molar-refractivity contribution < 1.29 is 40.6 Å². The molecular formula is C16H19F6N3O3. The summed E-state index contributed by atoms with van der Waals surface area (Å²) in [4.78, 5) is 15.6. The number of hydrogen-bond donors (Lipinski definition) is 2. The maximum absolute atomic E-state index is 14.1. The highest BCUT2D eigenvalue weighted by molar-refractivity contribution is 5.82. The average Bonchev–Trinajstić information content (AvgIpc) is 3.14. The summed E-state index contributed by atoms with van der Waals surface area (Å²) in [5.41, 5.74) is 0.152. The number of methoxy groups -OCH3 is 1. The number of carbonyl (C=O) groups is 1. The third kappa shape index (κ3) is 5.40. The SMILES string of the molecule is COc1nc(OCCC(F)(F)C(F)(F)F)c(F)cc1CNC(=O)[C@@H]1CCCN1. The topological polar surface area (TPSA) is 72.5 Å².